The number of carbonyl (C=O) groups is 1. The Hall–Kier alpha value is -3.66. The lowest BCUT2D eigenvalue weighted by molar-refractivity contribution is -0.140. The largest absolute Gasteiger partial charge is 0.489 e. The lowest BCUT2D eigenvalue weighted by Crippen LogP contribution is -2.16. The summed E-state index contributed by atoms with van der Waals surface area (Å²) in [7, 11) is 1.42. The number of methoxy groups -OCH3 is 1. The van der Waals surface area contributed by atoms with E-state index in [0.717, 1.165) is 46.1 Å². The van der Waals surface area contributed by atoms with Crippen molar-refractivity contribution in [1.82, 2.24) is 4.98 Å². The highest BCUT2D eigenvalue weighted by atomic mass is 16.5. The summed E-state index contributed by atoms with van der Waals surface area (Å²) in [6.45, 7) is 0. The number of esters is 1. The standard InChI is InChI=1S/C28H25NO3/c1-31-28(30)11-7-19-6-10-27(32-25-16-20-4-2-3-5-21(20)17-25)26(14-19)23-8-9-24-18-29-13-12-22(24)15-23/h2-6,8-10,12-15,18,25H,7,11,16-17H2,1H3. The highest BCUT2D eigenvalue weighted by Gasteiger charge is 2.23. The molecule has 4 heteroatoms. The number of ether oxygens (including phenoxy) is 2. The second kappa shape index (κ2) is 8.83. The SMILES string of the molecule is COC(=O)CCc1ccc(OC2Cc3ccccc3C2)c(-c2ccc3cnccc3c2)c1. The summed E-state index contributed by atoms with van der Waals surface area (Å²) in [5, 5.41) is 2.24. The summed E-state index contributed by atoms with van der Waals surface area (Å²) >= 11 is 0. The molecule has 4 aromatic rings. The molecular formula is C28H25NO3. The molecule has 1 aromatic heterocycles. The molecule has 4 nitrogen and oxygen atoms in total. The van der Waals surface area contributed by atoms with Crippen molar-refractivity contribution in [2.45, 2.75) is 31.8 Å². The smallest absolute Gasteiger partial charge is 0.305 e. The van der Waals surface area contributed by atoms with Gasteiger partial charge in [-0.3, -0.25) is 9.78 Å². The zero-order chi connectivity index (χ0) is 21.9. The maximum atomic E-state index is 11.6. The molecule has 0 radical (unpaired) electrons. The molecule has 3 aromatic carbocycles. The molecule has 1 aliphatic carbocycles. The van der Waals surface area contributed by atoms with Crippen LogP contribution in [0.2, 0.25) is 0 Å². The minimum Gasteiger partial charge on any atom is -0.489 e. The van der Waals surface area contributed by atoms with Crippen LogP contribution in [-0.4, -0.2) is 24.2 Å². The van der Waals surface area contributed by atoms with E-state index in [9.17, 15) is 4.79 Å². The van der Waals surface area contributed by atoms with Crippen molar-refractivity contribution in [3.8, 4) is 16.9 Å². The van der Waals surface area contributed by atoms with Crippen LogP contribution in [0, 0.1) is 0 Å². The lowest BCUT2D eigenvalue weighted by atomic mass is 9.98. The lowest BCUT2D eigenvalue weighted by Gasteiger charge is -2.18. The fraction of sp³-hybridized carbons (Fsp3) is 0.214. The highest BCUT2D eigenvalue weighted by molar-refractivity contribution is 5.87. The number of aryl methyl sites for hydroxylation is 1. The second-order valence-corrected chi connectivity index (χ2v) is 8.26. The van der Waals surface area contributed by atoms with Crippen LogP contribution < -0.4 is 4.74 Å². The molecule has 1 heterocycles. The summed E-state index contributed by atoms with van der Waals surface area (Å²) in [5.41, 5.74) is 5.96. The van der Waals surface area contributed by atoms with Gasteiger partial charge in [0, 0.05) is 42.6 Å². The van der Waals surface area contributed by atoms with Crippen LogP contribution >= 0.6 is 0 Å². The Morgan fingerprint density at radius 3 is 2.56 bits per heavy atom. The van der Waals surface area contributed by atoms with Gasteiger partial charge in [0.25, 0.3) is 0 Å². The van der Waals surface area contributed by atoms with Gasteiger partial charge in [-0.15, -0.1) is 0 Å². The Balaban J connectivity index is 1.48. The maximum absolute atomic E-state index is 11.6. The quantitative estimate of drug-likeness (QED) is 0.381. The molecule has 0 spiro atoms. The van der Waals surface area contributed by atoms with Crippen molar-refractivity contribution in [2.24, 2.45) is 0 Å². The Bertz CT molecular complexity index is 1260. The van der Waals surface area contributed by atoms with Gasteiger partial charge in [-0.05, 0) is 58.3 Å². The fourth-order valence-electron chi connectivity index (χ4n) is 4.44. The molecule has 160 valence electrons. The van der Waals surface area contributed by atoms with Gasteiger partial charge in [-0.2, -0.15) is 0 Å². The summed E-state index contributed by atoms with van der Waals surface area (Å²) in [5.74, 6) is 0.673. The topological polar surface area (TPSA) is 48.4 Å². The van der Waals surface area contributed by atoms with E-state index in [1.807, 2.05) is 24.5 Å². The summed E-state index contributed by atoms with van der Waals surface area (Å²) < 4.78 is 11.4. The van der Waals surface area contributed by atoms with Gasteiger partial charge in [0.15, 0.2) is 0 Å². The molecule has 32 heavy (non-hydrogen) atoms. The van der Waals surface area contributed by atoms with Crippen molar-refractivity contribution >= 4 is 16.7 Å². The molecule has 0 N–H and O–H groups in total. The number of benzene rings is 3. The summed E-state index contributed by atoms with van der Waals surface area (Å²) in [6, 6.07) is 23.2. The van der Waals surface area contributed by atoms with Gasteiger partial charge in [-0.1, -0.05) is 42.5 Å². The van der Waals surface area contributed by atoms with Crippen LogP contribution in [0.1, 0.15) is 23.1 Å². The van der Waals surface area contributed by atoms with E-state index in [-0.39, 0.29) is 12.1 Å². The minimum absolute atomic E-state index is 0.122. The van der Waals surface area contributed by atoms with E-state index in [1.54, 1.807) is 0 Å². The van der Waals surface area contributed by atoms with Gasteiger partial charge < -0.3 is 9.47 Å². The van der Waals surface area contributed by atoms with Crippen molar-refractivity contribution in [3.63, 3.8) is 0 Å². The zero-order valence-corrected chi connectivity index (χ0v) is 18.1. The monoisotopic (exact) mass is 423 g/mol. The average Bonchev–Trinajstić information content (AvgIpc) is 3.25. The van der Waals surface area contributed by atoms with Crippen molar-refractivity contribution in [3.05, 3.63) is 95.8 Å². The number of fused-ring (bicyclic) bond motifs is 2. The molecule has 0 fully saturated rings. The number of hydrogen-bond acceptors (Lipinski definition) is 4. The molecule has 0 bridgehead atoms. The maximum Gasteiger partial charge on any atom is 0.305 e. The van der Waals surface area contributed by atoms with E-state index in [4.69, 9.17) is 9.47 Å². The van der Waals surface area contributed by atoms with Gasteiger partial charge in [-0.25, -0.2) is 0 Å². The van der Waals surface area contributed by atoms with Crippen LogP contribution in [0.25, 0.3) is 21.9 Å². The molecule has 1 aliphatic rings. The van der Waals surface area contributed by atoms with Crippen molar-refractivity contribution in [2.75, 3.05) is 7.11 Å². The Morgan fingerprint density at radius 1 is 0.969 bits per heavy atom. The summed E-state index contributed by atoms with van der Waals surface area (Å²) in [6.07, 6.45) is 6.64. The van der Waals surface area contributed by atoms with E-state index in [2.05, 4.69) is 59.6 Å². The van der Waals surface area contributed by atoms with E-state index in [0.29, 0.717) is 12.8 Å². The highest BCUT2D eigenvalue weighted by Crippen LogP contribution is 2.35. The molecule has 0 unspecified atom stereocenters. The molecule has 0 aliphatic heterocycles. The average molecular weight is 424 g/mol. The molecule has 0 saturated heterocycles. The van der Waals surface area contributed by atoms with Crippen LogP contribution in [-0.2, 0) is 28.8 Å². The number of pyridine rings is 1. The third-order valence-corrected chi connectivity index (χ3v) is 6.15. The third kappa shape index (κ3) is 4.22. The third-order valence-electron chi connectivity index (χ3n) is 6.15. The number of carbonyl (C=O) groups excluding carboxylic acids is 1. The van der Waals surface area contributed by atoms with Crippen LogP contribution in [0.3, 0.4) is 0 Å². The second-order valence-electron chi connectivity index (χ2n) is 8.26. The van der Waals surface area contributed by atoms with Crippen LogP contribution in [0.4, 0.5) is 0 Å². The van der Waals surface area contributed by atoms with Crippen molar-refractivity contribution in [1.29, 1.82) is 0 Å². The molecule has 0 atom stereocenters. The van der Waals surface area contributed by atoms with Gasteiger partial charge >= 0.3 is 5.97 Å². The molecule has 0 saturated carbocycles. The predicted molar refractivity (Wildman–Crippen MR) is 126 cm³/mol. The first-order valence-electron chi connectivity index (χ1n) is 11.0. The molecule has 5 rings (SSSR count). The Morgan fingerprint density at radius 2 is 1.78 bits per heavy atom. The number of nitrogens with zero attached hydrogens (tertiary/aromatic N) is 1. The van der Waals surface area contributed by atoms with Gasteiger partial charge in [0.2, 0.25) is 0 Å². The Labute approximate surface area is 187 Å². The van der Waals surface area contributed by atoms with E-state index in [1.165, 1.54) is 18.2 Å². The molecule has 0 amide bonds. The van der Waals surface area contributed by atoms with Gasteiger partial charge in [0.05, 0.1) is 7.11 Å². The summed E-state index contributed by atoms with van der Waals surface area (Å²) in [4.78, 5) is 15.9. The first kappa shape index (κ1) is 20.3. The number of hydrogen-bond donors (Lipinski definition) is 0. The molecular weight excluding hydrogens is 398 g/mol. The van der Waals surface area contributed by atoms with Crippen LogP contribution in [0.15, 0.2) is 79.1 Å². The fourth-order valence-corrected chi connectivity index (χ4v) is 4.44. The van der Waals surface area contributed by atoms with Crippen LogP contribution in [0.5, 0.6) is 5.75 Å². The zero-order valence-electron chi connectivity index (χ0n) is 18.1. The Kier molecular flexibility index (Phi) is 5.59. The first-order valence-corrected chi connectivity index (χ1v) is 11.0. The first-order chi connectivity index (χ1) is 15.7. The van der Waals surface area contributed by atoms with Crippen molar-refractivity contribution < 1.29 is 14.3 Å². The van der Waals surface area contributed by atoms with E-state index < -0.39 is 0 Å². The van der Waals surface area contributed by atoms with E-state index >= 15 is 0 Å². The number of rotatable bonds is 6. The predicted octanol–water partition coefficient (Wildman–Crippen LogP) is 5.55. The number of aromatic nitrogens is 1. The normalized spacial score (nSPS) is 13.2. The van der Waals surface area contributed by atoms with Gasteiger partial charge in [0.1, 0.15) is 11.9 Å². The minimum atomic E-state index is -0.200.